The first kappa shape index (κ1) is 14.5. The molecule has 3 saturated heterocycles. The van der Waals surface area contributed by atoms with Crippen LogP contribution in [0.5, 0.6) is 0 Å². The molecule has 9 atom stereocenters. The molecule has 4 heterocycles. The van der Waals surface area contributed by atoms with E-state index < -0.39 is 60.3 Å². The minimum absolute atomic E-state index is 0.250. The normalized spacial score (nSPS) is 62.4. The Hall–Kier alpha value is -1.05. The lowest BCUT2D eigenvalue weighted by Gasteiger charge is -2.71. The van der Waals surface area contributed by atoms with E-state index in [1.54, 1.807) is 0 Å². The van der Waals surface area contributed by atoms with E-state index in [-0.39, 0.29) is 5.96 Å². The van der Waals surface area contributed by atoms with E-state index in [9.17, 15) is 30.6 Å². The Morgan fingerprint density at radius 2 is 1.82 bits per heavy atom. The molecule has 4 aliphatic heterocycles. The number of nitrogens with two attached hydrogens (primary N) is 1. The smallest absolute Gasteiger partial charge is 0.311 e. The van der Waals surface area contributed by atoms with Crippen molar-refractivity contribution >= 4 is 5.96 Å². The molecule has 124 valence electrons. The van der Waals surface area contributed by atoms with Crippen molar-refractivity contribution in [3.05, 3.63) is 0 Å². The summed E-state index contributed by atoms with van der Waals surface area (Å²) in [5.74, 6) is -3.95. The third kappa shape index (κ3) is 1.28. The molecule has 4 bridgehead atoms. The summed E-state index contributed by atoms with van der Waals surface area (Å²) in [6, 6.07) is 0. The van der Waals surface area contributed by atoms with Gasteiger partial charge in [0.05, 0.1) is 12.5 Å². The Kier molecular flexibility index (Phi) is 2.57. The van der Waals surface area contributed by atoms with E-state index in [1.165, 1.54) is 0 Å². The van der Waals surface area contributed by atoms with Crippen molar-refractivity contribution in [1.29, 1.82) is 0 Å². The molecule has 11 nitrogen and oxygen atoms in total. The fourth-order valence-corrected chi connectivity index (χ4v) is 4.24. The zero-order valence-corrected chi connectivity index (χ0v) is 11.2. The van der Waals surface area contributed by atoms with Gasteiger partial charge in [-0.05, 0) is 0 Å². The second-order valence-electron chi connectivity index (χ2n) is 6.22. The number of hydrogen-bond donors (Lipinski definition) is 8. The van der Waals surface area contributed by atoms with Crippen molar-refractivity contribution < 1.29 is 40.1 Å². The highest BCUT2D eigenvalue weighted by Crippen LogP contribution is 2.58. The van der Waals surface area contributed by atoms with Gasteiger partial charge in [0.25, 0.3) is 0 Å². The van der Waals surface area contributed by atoms with Gasteiger partial charge in [0.2, 0.25) is 0 Å². The van der Waals surface area contributed by atoms with Crippen LogP contribution in [0.4, 0.5) is 0 Å². The highest BCUT2D eigenvalue weighted by Gasteiger charge is 2.82. The second kappa shape index (κ2) is 3.88. The molecule has 0 aromatic heterocycles. The first-order chi connectivity index (χ1) is 10.2. The van der Waals surface area contributed by atoms with Gasteiger partial charge in [-0.2, -0.15) is 0 Å². The number of rotatable bonds is 1. The van der Waals surface area contributed by atoms with E-state index in [4.69, 9.17) is 15.2 Å². The fourth-order valence-electron chi connectivity index (χ4n) is 4.24. The molecule has 5 aliphatic rings. The Labute approximate surface area is 123 Å². The number of nitrogens with zero attached hydrogens (tertiary/aromatic N) is 1. The van der Waals surface area contributed by atoms with Gasteiger partial charge in [0, 0.05) is 0 Å². The predicted octanol–water partition coefficient (Wildman–Crippen LogP) is -5.52. The summed E-state index contributed by atoms with van der Waals surface area (Å²) < 4.78 is 10.3. The van der Waals surface area contributed by atoms with Crippen molar-refractivity contribution in [2.75, 3.05) is 6.61 Å². The van der Waals surface area contributed by atoms with Crippen LogP contribution in [0.15, 0.2) is 4.99 Å². The van der Waals surface area contributed by atoms with Gasteiger partial charge in [-0.15, -0.1) is 0 Å². The van der Waals surface area contributed by atoms with Crippen LogP contribution in [0.1, 0.15) is 0 Å². The monoisotopic (exact) mass is 319 g/mol. The van der Waals surface area contributed by atoms with Crippen molar-refractivity contribution in [2.24, 2.45) is 16.6 Å². The molecule has 4 unspecified atom stereocenters. The van der Waals surface area contributed by atoms with Gasteiger partial charge in [0.15, 0.2) is 18.3 Å². The third-order valence-electron chi connectivity index (χ3n) is 5.22. The zero-order valence-electron chi connectivity index (χ0n) is 11.2. The third-order valence-corrected chi connectivity index (χ3v) is 5.22. The Morgan fingerprint density at radius 3 is 2.45 bits per heavy atom. The minimum atomic E-state index is -2.52. The van der Waals surface area contributed by atoms with E-state index in [2.05, 4.69) is 10.3 Å². The summed E-state index contributed by atoms with van der Waals surface area (Å²) in [7, 11) is 0. The van der Waals surface area contributed by atoms with Crippen molar-refractivity contribution in [2.45, 2.75) is 47.8 Å². The van der Waals surface area contributed by atoms with E-state index in [0.29, 0.717) is 0 Å². The summed E-state index contributed by atoms with van der Waals surface area (Å²) in [6.07, 6.45) is -7.77. The molecule has 1 saturated carbocycles. The summed E-state index contributed by atoms with van der Waals surface area (Å²) in [4.78, 5) is 3.70. The number of ether oxygens (including phenoxy) is 2. The van der Waals surface area contributed by atoms with Crippen LogP contribution >= 0.6 is 0 Å². The SMILES string of the molecule is NC1=N[C@@H](O)C2C3OC4(O)OC([C@@H](O)[C@@]2(N1)[C@@H]4O)[C@]3(O)CO. The number of hydrogen-bond acceptors (Lipinski definition) is 11. The van der Waals surface area contributed by atoms with Gasteiger partial charge >= 0.3 is 5.97 Å². The highest BCUT2D eigenvalue weighted by atomic mass is 16.9. The average molecular weight is 319 g/mol. The maximum absolute atomic E-state index is 10.6. The Bertz CT molecular complexity index is 561. The lowest BCUT2D eigenvalue weighted by molar-refractivity contribution is -0.548. The second-order valence-corrected chi connectivity index (χ2v) is 6.22. The minimum Gasteiger partial charge on any atom is -0.393 e. The number of aliphatic hydroxyl groups is 6. The van der Waals surface area contributed by atoms with Crippen LogP contribution in [-0.2, 0) is 9.47 Å². The first-order valence-electron chi connectivity index (χ1n) is 6.77. The molecule has 0 aromatic carbocycles. The van der Waals surface area contributed by atoms with Crippen LogP contribution < -0.4 is 11.1 Å². The maximum atomic E-state index is 10.6. The molecule has 5 rings (SSSR count). The summed E-state index contributed by atoms with van der Waals surface area (Å²) in [6.45, 7) is -0.857. The molecule has 0 aromatic rings. The van der Waals surface area contributed by atoms with Crippen LogP contribution in [0.2, 0.25) is 0 Å². The predicted molar refractivity (Wildman–Crippen MR) is 65.7 cm³/mol. The lowest BCUT2D eigenvalue weighted by atomic mass is 9.55. The van der Waals surface area contributed by atoms with Crippen LogP contribution in [0.25, 0.3) is 0 Å². The molecule has 22 heavy (non-hydrogen) atoms. The van der Waals surface area contributed by atoms with Gasteiger partial charge < -0.3 is 51.2 Å². The standard InChI is InChI=1S/C11H17N3O8/c12-8-13-6(17)2-4-9(19,1-15)5-3(16)10(2,14-8)7(18)11(20,21-4)22-5/h2-7,15-20H,1H2,(H3,12,13,14)/t2?,3-,4?,5?,6+,7+,9+,10-,11?/m1/s1. The Balaban J connectivity index is 1.95. The van der Waals surface area contributed by atoms with Crippen molar-refractivity contribution in [3.8, 4) is 0 Å². The van der Waals surface area contributed by atoms with Gasteiger partial charge in [-0.1, -0.05) is 0 Å². The number of nitrogens with one attached hydrogen (secondary N) is 1. The fraction of sp³-hybridized carbons (Fsp3) is 0.909. The number of aliphatic hydroxyl groups excluding tert-OH is 4. The summed E-state index contributed by atoms with van der Waals surface area (Å²) in [5, 5.41) is 64.3. The lowest BCUT2D eigenvalue weighted by Crippen LogP contribution is -2.95. The van der Waals surface area contributed by atoms with Gasteiger partial charge in [0.1, 0.15) is 29.5 Å². The largest absolute Gasteiger partial charge is 0.393 e. The topological polar surface area (TPSA) is 190 Å². The van der Waals surface area contributed by atoms with Crippen molar-refractivity contribution in [1.82, 2.24) is 5.32 Å². The first-order valence-corrected chi connectivity index (χ1v) is 6.77. The number of aliphatic imine (C=N–C) groups is 1. The van der Waals surface area contributed by atoms with Crippen molar-refractivity contribution in [3.63, 3.8) is 0 Å². The molecular weight excluding hydrogens is 302 g/mol. The molecule has 11 heteroatoms. The van der Waals surface area contributed by atoms with E-state index >= 15 is 0 Å². The van der Waals surface area contributed by atoms with Crippen LogP contribution in [0, 0.1) is 5.92 Å². The molecule has 0 radical (unpaired) electrons. The Morgan fingerprint density at radius 1 is 1.18 bits per heavy atom. The average Bonchev–Trinajstić information content (AvgIpc) is 2.45. The van der Waals surface area contributed by atoms with Crippen LogP contribution in [0.3, 0.4) is 0 Å². The summed E-state index contributed by atoms with van der Waals surface area (Å²) >= 11 is 0. The molecule has 1 aliphatic carbocycles. The van der Waals surface area contributed by atoms with Gasteiger partial charge in [-0.3, -0.25) is 0 Å². The molecule has 0 amide bonds. The maximum Gasteiger partial charge on any atom is 0.311 e. The zero-order chi connectivity index (χ0) is 16.1. The molecule has 1 spiro atoms. The van der Waals surface area contributed by atoms with E-state index in [0.717, 1.165) is 0 Å². The quantitative estimate of drug-likeness (QED) is 0.231. The van der Waals surface area contributed by atoms with Crippen LogP contribution in [-0.4, -0.2) is 91.0 Å². The molecule has 9 N–H and O–H groups in total. The number of guanidine groups is 1. The highest BCUT2D eigenvalue weighted by molar-refractivity contribution is 5.80. The summed E-state index contributed by atoms with van der Waals surface area (Å²) in [5.41, 5.74) is 1.74. The van der Waals surface area contributed by atoms with E-state index in [1.807, 2.05) is 0 Å². The van der Waals surface area contributed by atoms with Gasteiger partial charge in [-0.25, -0.2) is 4.99 Å². The molecule has 4 fully saturated rings. The molecular formula is C11H17N3O8.